The summed E-state index contributed by atoms with van der Waals surface area (Å²) in [4.78, 5) is 17.3. The lowest BCUT2D eigenvalue weighted by atomic mass is 10.1. The summed E-state index contributed by atoms with van der Waals surface area (Å²) in [5.74, 6) is -0.288. The molecule has 156 valence electrons. The molecule has 8 heteroatoms. The number of aromatic nitrogens is 2. The average molecular weight is 400 g/mol. The Labute approximate surface area is 170 Å². The second-order valence-corrected chi connectivity index (χ2v) is 7.62. The highest BCUT2D eigenvalue weighted by atomic mass is 16.7. The number of ether oxygens (including phenoxy) is 3. The molecule has 2 fully saturated rings. The third-order valence-electron chi connectivity index (χ3n) is 5.40. The molecule has 2 saturated heterocycles. The summed E-state index contributed by atoms with van der Waals surface area (Å²) >= 11 is 0. The fraction of sp³-hybridized carbons (Fsp3) is 0.524. The van der Waals surface area contributed by atoms with Gasteiger partial charge in [-0.2, -0.15) is 5.10 Å². The van der Waals surface area contributed by atoms with Gasteiger partial charge in [-0.1, -0.05) is 12.1 Å². The molecule has 0 aliphatic carbocycles. The van der Waals surface area contributed by atoms with E-state index in [-0.39, 0.29) is 5.91 Å². The number of aryl methyl sites for hydroxylation is 1. The maximum atomic E-state index is 13.2. The van der Waals surface area contributed by atoms with Crippen molar-refractivity contribution in [3.05, 3.63) is 47.8 Å². The molecule has 2 aliphatic heterocycles. The number of carbonyl (C=O) groups is 1. The third kappa shape index (κ3) is 4.44. The Bertz CT molecular complexity index is 855. The second-order valence-electron chi connectivity index (χ2n) is 7.62. The van der Waals surface area contributed by atoms with Gasteiger partial charge in [0.2, 0.25) is 0 Å². The number of hydrogen-bond donors (Lipinski definition) is 0. The zero-order valence-electron chi connectivity index (χ0n) is 17.0. The SMILES string of the molecule is COc1ccccc1C(=O)N1CCOC2(CN(Cc3cnn(C)c3)CCCO2)C1. The Balaban J connectivity index is 1.49. The molecule has 2 aromatic rings. The Morgan fingerprint density at radius 3 is 2.83 bits per heavy atom. The van der Waals surface area contributed by atoms with E-state index in [1.807, 2.05) is 41.2 Å². The number of morpholine rings is 1. The molecule has 4 rings (SSSR count). The minimum Gasteiger partial charge on any atom is -0.496 e. The Hall–Kier alpha value is -2.42. The van der Waals surface area contributed by atoms with E-state index in [2.05, 4.69) is 10.00 Å². The first-order valence-corrected chi connectivity index (χ1v) is 9.99. The van der Waals surface area contributed by atoms with Gasteiger partial charge in [0.1, 0.15) is 5.75 Å². The second kappa shape index (κ2) is 8.52. The van der Waals surface area contributed by atoms with Crippen molar-refractivity contribution in [2.75, 3.05) is 46.5 Å². The maximum Gasteiger partial charge on any atom is 0.257 e. The highest BCUT2D eigenvalue weighted by molar-refractivity contribution is 5.97. The van der Waals surface area contributed by atoms with Gasteiger partial charge in [0.05, 0.1) is 45.2 Å². The van der Waals surface area contributed by atoms with Gasteiger partial charge in [-0.3, -0.25) is 14.4 Å². The fourth-order valence-electron chi connectivity index (χ4n) is 4.06. The molecule has 8 nitrogen and oxygen atoms in total. The first-order chi connectivity index (χ1) is 14.1. The van der Waals surface area contributed by atoms with Crippen LogP contribution in [-0.2, 0) is 23.1 Å². The van der Waals surface area contributed by atoms with Crippen LogP contribution in [-0.4, -0.2) is 77.8 Å². The van der Waals surface area contributed by atoms with Crippen molar-refractivity contribution < 1.29 is 19.0 Å². The van der Waals surface area contributed by atoms with Crippen LogP contribution >= 0.6 is 0 Å². The molecule has 1 aromatic carbocycles. The number of hydrogen-bond acceptors (Lipinski definition) is 6. The van der Waals surface area contributed by atoms with E-state index in [4.69, 9.17) is 14.2 Å². The minimum atomic E-state index is -0.811. The predicted octanol–water partition coefficient (Wildman–Crippen LogP) is 1.52. The lowest BCUT2D eigenvalue weighted by Gasteiger charge is -2.43. The van der Waals surface area contributed by atoms with Gasteiger partial charge in [0.15, 0.2) is 5.79 Å². The van der Waals surface area contributed by atoms with E-state index >= 15 is 0 Å². The molecule has 0 N–H and O–H groups in total. The largest absolute Gasteiger partial charge is 0.496 e. The van der Waals surface area contributed by atoms with Crippen molar-refractivity contribution in [1.82, 2.24) is 19.6 Å². The van der Waals surface area contributed by atoms with Crippen molar-refractivity contribution in [2.45, 2.75) is 18.8 Å². The zero-order chi connectivity index (χ0) is 20.3. The molecule has 2 aliphatic rings. The number of nitrogens with zero attached hydrogens (tertiary/aromatic N) is 4. The predicted molar refractivity (Wildman–Crippen MR) is 107 cm³/mol. The number of amides is 1. The van der Waals surface area contributed by atoms with Crippen molar-refractivity contribution in [2.24, 2.45) is 7.05 Å². The van der Waals surface area contributed by atoms with E-state index in [0.29, 0.717) is 44.2 Å². The minimum absolute atomic E-state index is 0.0585. The summed E-state index contributed by atoms with van der Waals surface area (Å²) in [6, 6.07) is 7.32. The molecule has 29 heavy (non-hydrogen) atoms. The van der Waals surface area contributed by atoms with Crippen LogP contribution in [0.3, 0.4) is 0 Å². The summed E-state index contributed by atoms with van der Waals surface area (Å²) in [5.41, 5.74) is 1.72. The van der Waals surface area contributed by atoms with E-state index in [1.165, 1.54) is 0 Å². The molecular formula is C21H28N4O4. The normalized spacial score (nSPS) is 23.2. The van der Waals surface area contributed by atoms with Crippen molar-refractivity contribution in [3.63, 3.8) is 0 Å². The standard InChI is InChI=1S/C21H28N4O4/c1-23-13-17(12-22-23)14-24-8-5-10-28-21(15-24)16-25(9-11-29-21)20(26)18-6-3-4-7-19(18)27-2/h3-4,6-7,12-13H,5,8-11,14-16H2,1-2H3. The molecule has 1 spiro atoms. The van der Waals surface area contributed by atoms with Crippen LogP contribution in [0.4, 0.5) is 0 Å². The quantitative estimate of drug-likeness (QED) is 0.775. The van der Waals surface area contributed by atoms with Crippen molar-refractivity contribution >= 4 is 5.91 Å². The van der Waals surface area contributed by atoms with Gasteiger partial charge in [0.25, 0.3) is 5.91 Å². The molecule has 1 atom stereocenters. The molecule has 1 aromatic heterocycles. The van der Waals surface area contributed by atoms with Crippen LogP contribution < -0.4 is 4.74 Å². The van der Waals surface area contributed by atoms with Gasteiger partial charge in [0, 0.05) is 38.4 Å². The van der Waals surface area contributed by atoms with Gasteiger partial charge in [-0.25, -0.2) is 0 Å². The van der Waals surface area contributed by atoms with E-state index in [1.54, 1.807) is 19.2 Å². The average Bonchev–Trinajstić information content (AvgIpc) is 3.05. The molecular weight excluding hydrogens is 372 g/mol. The summed E-state index contributed by atoms with van der Waals surface area (Å²) < 4.78 is 19.5. The first-order valence-electron chi connectivity index (χ1n) is 9.99. The zero-order valence-corrected chi connectivity index (χ0v) is 17.0. The molecule has 1 unspecified atom stereocenters. The van der Waals surface area contributed by atoms with E-state index in [9.17, 15) is 4.79 Å². The van der Waals surface area contributed by atoms with Crippen molar-refractivity contribution in [3.8, 4) is 5.75 Å². The monoisotopic (exact) mass is 400 g/mol. The van der Waals surface area contributed by atoms with Crippen LogP contribution in [0.1, 0.15) is 22.3 Å². The summed E-state index contributed by atoms with van der Waals surface area (Å²) in [5, 5.41) is 4.26. The maximum absolute atomic E-state index is 13.2. The van der Waals surface area contributed by atoms with Crippen LogP contribution in [0.2, 0.25) is 0 Å². The Morgan fingerprint density at radius 2 is 2.03 bits per heavy atom. The lowest BCUT2D eigenvalue weighted by Crippen LogP contribution is -2.59. The number of rotatable bonds is 4. The van der Waals surface area contributed by atoms with Crippen molar-refractivity contribution in [1.29, 1.82) is 0 Å². The van der Waals surface area contributed by atoms with Gasteiger partial charge in [-0.05, 0) is 18.6 Å². The van der Waals surface area contributed by atoms with Gasteiger partial charge in [-0.15, -0.1) is 0 Å². The summed E-state index contributed by atoms with van der Waals surface area (Å²) in [7, 11) is 3.50. The number of carbonyl (C=O) groups excluding carboxylic acids is 1. The van der Waals surface area contributed by atoms with Crippen LogP contribution in [0.25, 0.3) is 0 Å². The highest BCUT2D eigenvalue weighted by Gasteiger charge is 2.42. The summed E-state index contributed by atoms with van der Waals surface area (Å²) in [6.45, 7) is 4.29. The molecule has 1 amide bonds. The topological polar surface area (TPSA) is 69.1 Å². The molecule has 0 saturated carbocycles. The van der Waals surface area contributed by atoms with E-state index in [0.717, 1.165) is 25.1 Å². The third-order valence-corrected chi connectivity index (χ3v) is 5.40. The van der Waals surface area contributed by atoms with Crippen LogP contribution in [0, 0.1) is 0 Å². The van der Waals surface area contributed by atoms with Gasteiger partial charge < -0.3 is 19.1 Å². The molecule has 3 heterocycles. The molecule has 0 radical (unpaired) electrons. The Morgan fingerprint density at radius 1 is 1.21 bits per heavy atom. The molecule has 0 bridgehead atoms. The van der Waals surface area contributed by atoms with Crippen LogP contribution in [0.15, 0.2) is 36.7 Å². The summed E-state index contributed by atoms with van der Waals surface area (Å²) in [6.07, 6.45) is 4.83. The number of methoxy groups -OCH3 is 1. The lowest BCUT2D eigenvalue weighted by molar-refractivity contribution is -0.261. The smallest absolute Gasteiger partial charge is 0.257 e. The Kier molecular flexibility index (Phi) is 5.84. The fourth-order valence-corrected chi connectivity index (χ4v) is 4.06. The number of para-hydroxylation sites is 1. The van der Waals surface area contributed by atoms with Gasteiger partial charge >= 0.3 is 0 Å². The van der Waals surface area contributed by atoms with Crippen LogP contribution in [0.5, 0.6) is 5.75 Å². The highest BCUT2D eigenvalue weighted by Crippen LogP contribution is 2.27. The first kappa shape index (κ1) is 19.9. The number of benzene rings is 1. The van der Waals surface area contributed by atoms with E-state index < -0.39 is 5.79 Å².